The Morgan fingerprint density at radius 1 is 1.21 bits per heavy atom. The standard InChI is InChI=1S/C13H14F3N3O4S/c1-19-11(9(17)10(18)13(14,15)16)24(21,22)8-6-4-3-5-7(8)12(20)23-2/h3-6H,17-18H2,1-2H3. The highest BCUT2D eigenvalue weighted by Crippen LogP contribution is 2.26. The summed E-state index contributed by atoms with van der Waals surface area (Å²) in [4.78, 5) is 14.4. The Kier molecular flexibility index (Phi) is 5.61. The number of allylic oxidation sites excluding steroid dienone is 1. The van der Waals surface area contributed by atoms with Crippen LogP contribution in [0.3, 0.4) is 0 Å². The van der Waals surface area contributed by atoms with Gasteiger partial charge in [-0.15, -0.1) is 0 Å². The number of methoxy groups -OCH3 is 1. The Morgan fingerprint density at radius 2 is 1.75 bits per heavy atom. The maximum atomic E-state index is 12.7. The fourth-order valence-corrected chi connectivity index (χ4v) is 3.28. The number of sulfone groups is 1. The van der Waals surface area contributed by atoms with E-state index in [1.807, 2.05) is 0 Å². The molecular weight excluding hydrogens is 351 g/mol. The van der Waals surface area contributed by atoms with Gasteiger partial charge in [0.05, 0.1) is 23.3 Å². The van der Waals surface area contributed by atoms with Crippen molar-refractivity contribution in [2.24, 2.45) is 16.5 Å². The minimum atomic E-state index is -5.04. The molecule has 0 spiro atoms. The molecule has 7 nitrogen and oxygen atoms in total. The van der Waals surface area contributed by atoms with E-state index in [1.165, 1.54) is 12.1 Å². The molecule has 0 aromatic heterocycles. The molecule has 0 aliphatic rings. The predicted molar refractivity (Wildman–Crippen MR) is 79.8 cm³/mol. The van der Waals surface area contributed by atoms with Gasteiger partial charge in [-0.3, -0.25) is 4.99 Å². The third kappa shape index (κ3) is 3.67. The van der Waals surface area contributed by atoms with Gasteiger partial charge in [-0.05, 0) is 12.1 Å². The van der Waals surface area contributed by atoms with Gasteiger partial charge in [0.1, 0.15) is 5.70 Å². The lowest BCUT2D eigenvalue weighted by Gasteiger charge is -2.14. The van der Waals surface area contributed by atoms with Gasteiger partial charge in [-0.1, -0.05) is 12.1 Å². The number of nitrogens with two attached hydrogens (primary N) is 2. The number of rotatable bonds is 3. The van der Waals surface area contributed by atoms with E-state index < -0.39 is 43.3 Å². The van der Waals surface area contributed by atoms with Crippen molar-refractivity contribution >= 4 is 20.9 Å². The van der Waals surface area contributed by atoms with Crippen LogP contribution in [-0.2, 0) is 14.6 Å². The second-order valence-electron chi connectivity index (χ2n) is 4.35. The van der Waals surface area contributed by atoms with Crippen LogP contribution in [0.2, 0.25) is 0 Å². The van der Waals surface area contributed by atoms with E-state index in [0.717, 1.165) is 26.3 Å². The minimum Gasteiger partial charge on any atom is -0.465 e. The first kappa shape index (κ1) is 19.5. The zero-order chi connectivity index (χ0) is 18.7. The number of hydrogen-bond donors (Lipinski definition) is 2. The smallest absolute Gasteiger partial charge is 0.432 e. The fraction of sp³-hybridized carbons (Fsp3) is 0.231. The quantitative estimate of drug-likeness (QED) is 0.467. The molecule has 1 rings (SSSR count). The van der Waals surface area contributed by atoms with Crippen LogP contribution in [0.15, 0.2) is 45.5 Å². The Morgan fingerprint density at radius 3 is 2.21 bits per heavy atom. The maximum Gasteiger partial charge on any atom is 0.432 e. The van der Waals surface area contributed by atoms with Crippen LogP contribution in [0, 0.1) is 0 Å². The van der Waals surface area contributed by atoms with E-state index in [0.29, 0.717) is 0 Å². The van der Waals surface area contributed by atoms with Crippen molar-refractivity contribution in [1.29, 1.82) is 0 Å². The normalized spacial score (nSPS) is 14.1. The van der Waals surface area contributed by atoms with Crippen LogP contribution in [0.4, 0.5) is 13.2 Å². The van der Waals surface area contributed by atoms with Gasteiger partial charge >= 0.3 is 12.1 Å². The monoisotopic (exact) mass is 365 g/mol. The molecule has 24 heavy (non-hydrogen) atoms. The summed E-state index contributed by atoms with van der Waals surface area (Å²) in [6.45, 7) is 0. The van der Waals surface area contributed by atoms with Crippen molar-refractivity contribution in [2.75, 3.05) is 14.2 Å². The van der Waals surface area contributed by atoms with Crippen LogP contribution >= 0.6 is 0 Å². The van der Waals surface area contributed by atoms with Gasteiger partial charge in [-0.2, -0.15) is 13.2 Å². The molecule has 0 aliphatic carbocycles. The van der Waals surface area contributed by atoms with Crippen molar-refractivity contribution in [3.05, 3.63) is 41.2 Å². The highest BCUT2D eigenvalue weighted by molar-refractivity contribution is 8.07. The molecule has 0 heterocycles. The molecule has 0 radical (unpaired) electrons. The molecule has 0 unspecified atom stereocenters. The Balaban J connectivity index is 3.64. The lowest BCUT2D eigenvalue weighted by atomic mass is 10.2. The van der Waals surface area contributed by atoms with E-state index in [-0.39, 0.29) is 5.56 Å². The molecule has 0 saturated heterocycles. The number of benzene rings is 1. The fourth-order valence-electron chi connectivity index (χ4n) is 1.74. The summed E-state index contributed by atoms with van der Waals surface area (Å²) < 4.78 is 67.6. The number of carbonyl (C=O) groups is 1. The summed E-state index contributed by atoms with van der Waals surface area (Å²) in [5, 5.41) is -1.10. The second kappa shape index (κ2) is 6.91. The van der Waals surface area contributed by atoms with Crippen LogP contribution in [-0.4, -0.2) is 39.8 Å². The lowest BCUT2D eigenvalue weighted by Crippen LogP contribution is -2.32. The minimum absolute atomic E-state index is 0.375. The first-order chi connectivity index (χ1) is 11.0. The Labute approximate surface area is 135 Å². The van der Waals surface area contributed by atoms with E-state index in [4.69, 9.17) is 11.5 Å². The molecular formula is C13H14F3N3O4S. The third-order valence-electron chi connectivity index (χ3n) is 2.87. The zero-order valence-corrected chi connectivity index (χ0v) is 13.4. The molecule has 1 aromatic carbocycles. The summed E-state index contributed by atoms with van der Waals surface area (Å²) in [6, 6.07) is 4.79. The van der Waals surface area contributed by atoms with Crippen LogP contribution in [0.5, 0.6) is 0 Å². The van der Waals surface area contributed by atoms with Gasteiger partial charge in [0, 0.05) is 7.05 Å². The molecule has 0 saturated carbocycles. The summed E-state index contributed by atoms with van der Waals surface area (Å²) in [6.07, 6.45) is -5.04. The molecule has 4 N–H and O–H groups in total. The first-order valence-corrected chi connectivity index (χ1v) is 7.68. The van der Waals surface area contributed by atoms with Crippen LogP contribution < -0.4 is 11.5 Å². The van der Waals surface area contributed by atoms with Crippen molar-refractivity contribution in [3.8, 4) is 0 Å². The van der Waals surface area contributed by atoms with E-state index in [1.54, 1.807) is 0 Å². The van der Waals surface area contributed by atoms with Crippen molar-refractivity contribution in [1.82, 2.24) is 0 Å². The predicted octanol–water partition coefficient (Wildman–Crippen LogP) is 0.967. The average Bonchev–Trinajstić information content (AvgIpc) is 2.52. The zero-order valence-electron chi connectivity index (χ0n) is 12.6. The number of halogens is 3. The van der Waals surface area contributed by atoms with E-state index >= 15 is 0 Å². The molecule has 0 amide bonds. The van der Waals surface area contributed by atoms with E-state index in [2.05, 4.69) is 9.73 Å². The van der Waals surface area contributed by atoms with E-state index in [9.17, 15) is 26.4 Å². The SMILES string of the molecule is CN=C(C(N)=C(N)C(F)(F)F)S(=O)(=O)c1ccccc1C(=O)OC. The van der Waals surface area contributed by atoms with Crippen molar-refractivity contribution < 1.29 is 31.1 Å². The number of nitrogens with zero attached hydrogens (tertiary/aromatic N) is 1. The third-order valence-corrected chi connectivity index (χ3v) is 4.71. The molecule has 11 heteroatoms. The summed E-state index contributed by atoms with van der Waals surface area (Å²) in [5.74, 6) is -0.990. The highest BCUT2D eigenvalue weighted by Gasteiger charge is 2.38. The molecule has 1 aromatic rings. The highest BCUT2D eigenvalue weighted by atomic mass is 32.2. The second-order valence-corrected chi connectivity index (χ2v) is 6.18. The Bertz CT molecular complexity index is 814. The Hall–Kier alpha value is -2.56. The largest absolute Gasteiger partial charge is 0.465 e. The molecule has 0 fully saturated rings. The molecule has 132 valence electrons. The summed E-state index contributed by atoms with van der Waals surface area (Å²) in [5.41, 5.74) is 6.67. The molecule has 0 atom stereocenters. The van der Waals surface area contributed by atoms with Crippen molar-refractivity contribution in [2.45, 2.75) is 11.1 Å². The maximum absolute atomic E-state index is 12.7. The number of ether oxygens (including phenoxy) is 1. The van der Waals surface area contributed by atoms with Gasteiger partial charge in [0.25, 0.3) is 0 Å². The molecule has 0 aliphatic heterocycles. The number of hydrogen-bond acceptors (Lipinski definition) is 7. The number of esters is 1. The van der Waals surface area contributed by atoms with Gasteiger partial charge < -0.3 is 16.2 Å². The first-order valence-electron chi connectivity index (χ1n) is 6.20. The number of carbonyl (C=O) groups excluding carboxylic acids is 1. The van der Waals surface area contributed by atoms with Gasteiger partial charge in [0.2, 0.25) is 9.84 Å². The summed E-state index contributed by atoms with van der Waals surface area (Å²) >= 11 is 0. The van der Waals surface area contributed by atoms with Gasteiger partial charge in [-0.25, -0.2) is 13.2 Å². The van der Waals surface area contributed by atoms with Crippen LogP contribution in [0.25, 0.3) is 0 Å². The number of alkyl halides is 3. The van der Waals surface area contributed by atoms with Crippen molar-refractivity contribution in [3.63, 3.8) is 0 Å². The lowest BCUT2D eigenvalue weighted by molar-refractivity contribution is -0.0932. The van der Waals surface area contributed by atoms with Crippen LogP contribution in [0.1, 0.15) is 10.4 Å². The average molecular weight is 365 g/mol. The molecule has 0 bridgehead atoms. The number of aliphatic imine (C=N–C) groups is 1. The topological polar surface area (TPSA) is 125 Å². The summed E-state index contributed by atoms with van der Waals surface area (Å²) in [7, 11) is -2.70. The van der Waals surface area contributed by atoms with Gasteiger partial charge in [0.15, 0.2) is 5.04 Å².